The smallest absolute Gasteiger partial charge is 0.311 e. The van der Waals surface area contributed by atoms with Crippen molar-refractivity contribution in [2.75, 3.05) is 40.5 Å². The first kappa shape index (κ1) is 18.9. The molecule has 2 aliphatic heterocycles. The zero-order chi connectivity index (χ0) is 19.1. The van der Waals surface area contributed by atoms with Crippen LogP contribution in [0.2, 0.25) is 0 Å². The van der Waals surface area contributed by atoms with Crippen LogP contribution in [0.25, 0.3) is 0 Å². The third-order valence-electron chi connectivity index (χ3n) is 5.40. The number of carboxylic acids is 1. The van der Waals surface area contributed by atoms with E-state index in [1.807, 2.05) is 0 Å². The second-order valence-corrected chi connectivity index (χ2v) is 8.66. The number of aryl methyl sites for hydroxylation is 1. The average Bonchev–Trinajstić information content (AvgIpc) is 3.03. The third kappa shape index (κ3) is 2.83. The summed E-state index contributed by atoms with van der Waals surface area (Å²) < 4.78 is 43.6. The van der Waals surface area contributed by atoms with E-state index in [1.165, 1.54) is 24.6 Å². The Bertz CT molecular complexity index is 823. The van der Waals surface area contributed by atoms with Crippen LogP contribution in [-0.2, 0) is 19.6 Å². The van der Waals surface area contributed by atoms with Crippen molar-refractivity contribution in [2.45, 2.75) is 18.2 Å². The molecule has 9 heteroatoms. The number of ether oxygens (including phenoxy) is 3. The molecule has 2 aliphatic rings. The fraction of sp³-hybridized carbons (Fsp3) is 0.588. The first-order valence-corrected chi connectivity index (χ1v) is 9.74. The second kappa shape index (κ2) is 6.71. The predicted octanol–water partition coefficient (Wildman–Crippen LogP) is 1.12. The lowest BCUT2D eigenvalue weighted by atomic mass is 9.74. The summed E-state index contributed by atoms with van der Waals surface area (Å²) >= 11 is 0. The van der Waals surface area contributed by atoms with Crippen LogP contribution in [-0.4, -0.2) is 64.3 Å². The van der Waals surface area contributed by atoms with Crippen molar-refractivity contribution >= 4 is 16.0 Å². The third-order valence-corrected chi connectivity index (χ3v) is 7.23. The topological polar surface area (TPSA) is 102 Å². The summed E-state index contributed by atoms with van der Waals surface area (Å²) in [5.74, 6) is -0.713. The molecule has 26 heavy (non-hydrogen) atoms. The molecule has 0 aromatic heterocycles. The summed E-state index contributed by atoms with van der Waals surface area (Å²) in [6, 6.07) is 3.03. The van der Waals surface area contributed by atoms with E-state index in [1.54, 1.807) is 13.0 Å². The van der Waals surface area contributed by atoms with Crippen LogP contribution in [0.5, 0.6) is 11.5 Å². The number of rotatable bonds is 5. The number of carbonyl (C=O) groups is 1. The minimum Gasteiger partial charge on any atom is -0.496 e. The van der Waals surface area contributed by atoms with Crippen molar-refractivity contribution in [3.8, 4) is 11.5 Å². The summed E-state index contributed by atoms with van der Waals surface area (Å²) in [6.45, 7) is 2.38. The van der Waals surface area contributed by atoms with Crippen LogP contribution in [0, 0.1) is 18.3 Å². The maximum absolute atomic E-state index is 13.3. The van der Waals surface area contributed by atoms with Gasteiger partial charge in [-0.25, -0.2) is 8.42 Å². The number of benzene rings is 1. The molecule has 2 saturated heterocycles. The molecule has 3 rings (SSSR count). The molecule has 1 N–H and O–H groups in total. The van der Waals surface area contributed by atoms with Gasteiger partial charge < -0.3 is 19.3 Å². The molecule has 0 aliphatic carbocycles. The molecule has 0 radical (unpaired) electrons. The van der Waals surface area contributed by atoms with Gasteiger partial charge in [-0.3, -0.25) is 4.79 Å². The van der Waals surface area contributed by atoms with Gasteiger partial charge in [0.25, 0.3) is 0 Å². The van der Waals surface area contributed by atoms with Gasteiger partial charge in [-0.15, -0.1) is 0 Å². The zero-order valence-electron chi connectivity index (χ0n) is 15.0. The molecule has 2 atom stereocenters. The highest BCUT2D eigenvalue weighted by atomic mass is 32.2. The van der Waals surface area contributed by atoms with Gasteiger partial charge in [0.05, 0.1) is 26.2 Å². The van der Waals surface area contributed by atoms with Gasteiger partial charge in [-0.1, -0.05) is 0 Å². The fourth-order valence-corrected chi connectivity index (χ4v) is 5.51. The number of methoxy groups -OCH3 is 2. The van der Waals surface area contributed by atoms with Crippen LogP contribution >= 0.6 is 0 Å². The highest BCUT2D eigenvalue weighted by Crippen LogP contribution is 2.45. The van der Waals surface area contributed by atoms with Crippen molar-refractivity contribution in [1.29, 1.82) is 0 Å². The van der Waals surface area contributed by atoms with Crippen LogP contribution in [0.1, 0.15) is 12.0 Å². The van der Waals surface area contributed by atoms with E-state index in [0.717, 1.165) is 5.56 Å². The van der Waals surface area contributed by atoms with E-state index in [2.05, 4.69) is 0 Å². The molecule has 2 heterocycles. The Labute approximate surface area is 152 Å². The summed E-state index contributed by atoms with van der Waals surface area (Å²) in [4.78, 5) is 11.9. The van der Waals surface area contributed by atoms with Crippen LogP contribution in [0.4, 0.5) is 0 Å². The highest BCUT2D eigenvalue weighted by Gasteiger charge is 2.56. The minimum absolute atomic E-state index is 0.0254. The Morgan fingerprint density at radius 1 is 1.31 bits per heavy atom. The number of hydrogen-bond donors (Lipinski definition) is 1. The van der Waals surface area contributed by atoms with E-state index >= 15 is 0 Å². The van der Waals surface area contributed by atoms with Crippen LogP contribution in [0.15, 0.2) is 17.0 Å². The quantitative estimate of drug-likeness (QED) is 0.810. The van der Waals surface area contributed by atoms with Gasteiger partial charge in [0.15, 0.2) is 0 Å². The molecule has 0 unspecified atom stereocenters. The monoisotopic (exact) mass is 385 g/mol. The molecule has 0 spiro atoms. The number of sulfonamides is 1. The zero-order valence-corrected chi connectivity index (χ0v) is 15.8. The van der Waals surface area contributed by atoms with Gasteiger partial charge in [0.1, 0.15) is 16.4 Å². The number of carboxylic acid groups (broad SMARTS) is 1. The maximum Gasteiger partial charge on any atom is 0.311 e. The Balaban J connectivity index is 2.03. The Hall–Kier alpha value is -1.84. The SMILES string of the molecule is COc1cc(S(=O)(=O)N2C[C@@H]3COCC[C@]3(C(=O)O)C2)c(OC)cc1C. The normalized spacial score (nSPS) is 26.3. The largest absolute Gasteiger partial charge is 0.496 e. The number of hydrogen-bond acceptors (Lipinski definition) is 6. The molecule has 2 fully saturated rings. The molecular formula is C17H23NO7S. The Morgan fingerprint density at radius 3 is 2.58 bits per heavy atom. The lowest BCUT2D eigenvalue weighted by Crippen LogP contribution is -2.45. The number of nitrogens with zero attached hydrogens (tertiary/aromatic N) is 1. The molecule has 8 nitrogen and oxygen atoms in total. The predicted molar refractivity (Wildman–Crippen MR) is 92.0 cm³/mol. The summed E-state index contributed by atoms with van der Waals surface area (Å²) in [5, 5.41) is 9.75. The molecule has 0 amide bonds. The van der Waals surface area contributed by atoms with E-state index in [0.29, 0.717) is 18.8 Å². The lowest BCUT2D eigenvalue weighted by molar-refractivity contribution is -0.157. The molecule has 0 saturated carbocycles. The average molecular weight is 385 g/mol. The summed E-state index contributed by atoms with van der Waals surface area (Å²) in [5.41, 5.74) is -0.360. The van der Waals surface area contributed by atoms with Crippen LogP contribution < -0.4 is 9.47 Å². The maximum atomic E-state index is 13.3. The molecule has 0 bridgehead atoms. The van der Waals surface area contributed by atoms with Gasteiger partial charge in [-0.05, 0) is 25.0 Å². The first-order valence-electron chi connectivity index (χ1n) is 8.30. The van der Waals surface area contributed by atoms with Crippen molar-refractivity contribution < 1.29 is 32.5 Å². The summed E-state index contributed by atoms with van der Waals surface area (Å²) in [7, 11) is -1.09. The van der Waals surface area contributed by atoms with Gasteiger partial charge in [0.2, 0.25) is 10.0 Å². The van der Waals surface area contributed by atoms with Gasteiger partial charge in [-0.2, -0.15) is 4.31 Å². The Morgan fingerprint density at radius 2 is 2.00 bits per heavy atom. The molecule has 1 aromatic carbocycles. The molecule has 1 aromatic rings. The standard InChI is InChI=1S/C17H23NO7S/c1-11-6-14(24-3)15(7-13(11)23-2)26(21,22)18-8-12-9-25-5-4-17(12,10-18)16(19)20/h6-7,12H,4-5,8-10H2,1-3H3,(H,19,20)/t12-,17+/m1/s1. The number of aliphatic carboxylic acids is 1. The Kier molecular flexibility index (Phi) is 4.89. The van der Waals surface area contributed by atoms with E-state index in [9.17, 15) is 18.3 Å². The summed E-state index contributed by atoms with van der Waals surface area (Å²) in [6.07, 6.45) is 0.299. The minimum atomic E-state index is -3.95. The molecular weight excluding hydrogens is 362 g/mol. The second-order valence-electron chi connectivity index (χ2n) is 6.75. The number of fused-ring (bicyclic) bond motifs is 1. The fourth-order valence-electron chi connectivity index (χ4n) is 3.80. The first-order chi connectivity index (χ1) is 12.3. The highest BCUT2D eigenvalue weighted by molar-refractivity contribution is 7.89. The van der Waals surface area contributed by atoms with E-state index in [4.69, 9.17) is 14.2 Å². The van der Waals surface area contributed by atoms with Crippen molar-refractivity contribution in [3.63, 3.8) is 0 Å². The van der Waals surface area contributed by atoms with Gasteiger partial charge in [0, 0.05) is 31.7 Å². The molecule has 144 valence electrons. The van der Waals surface area contributed by atoms with E-state index < -0.39 is 21.4 Å². The van der Waals surface area contributed by atoms with Gasteiger partial charge >= 0.3 is 5.97 Å². The van der Waals surface area contributed by atoms with Crippen LogP contribution in [0.3, 0.4) is 0 Å². The lowest BCUT2D eigenvalue weighted by Gasteiger charge is -2.34. The van der Waals surface area contributed by atoms with Crippen molar-refractivity contribution in [3.05, 3.63) is 17.7 Å². The van der Waals surface area contributed by atoms with Crippen molar-refractivity contribution in [1.82, 2.24) is 4.31 Å². The van der Waals surface area contributed by atoms with Crippen molar-refractivity contribution in [2.24, 2.45) is 11.3 Å². The van der Waals surface area contributed by atoms with E-state index in [-0.39, 0.29) is 36.3 Å².